The Bertz CT molecular complexity index is 474. The minimum Gasteiger partial charge on any atom is -0.368 e. The van der Waals surface area contributed by atoms with Crippen molar-refractivity contribution in [2.75, 3.05) is 5.73 Å². The summed E-state index contributed by atoms with van der Waals surface area (Å²) >= 11 is 10.7. The van der Waals surface area contributed by atoms with Crippen LogP contribution in [0.1, 0.15) is 5.56 Å². The molecule has 78 valence electrons. The highest BCUT2D eigenvalue weighted by Gasteiger charge is 2.10. The Kier molecular flexibility index (Phi) is 2.90. The van der Waals surface area contributed by atoms with Gasteiger partial charge in [-0.2, -0.15) is 15.0 Å². The molecule has 0 aliphatic heterocycles. The highest BCUT2D eigenvalue weighted by molar-refractivity contribution is 9.11. The SMILES string of the molecule is Cc1cc(-c2nc(N)nc(Cl)n2)sc1Br. The molecule has 0 saturated heterocycles. The topological polar surface area (TPSA) is 64.7 Å². The number of rotatable bonds is 1. The first-order valence-corrected chi connectivity index (χ1v) is 5.98. The first-order valence-electron chi connectivity index (χ1n) is 3.99. The van der Waals surface area contributed by atoms with E-state index in [1.54, 1.807) is 0 Å². The maximum atomic E-state index is 5.70. The molecule has 0 bridgehead atoms. The van der Waals surface area contributed by atoms with Gasteiger partial charge in [0.05, 0.1) is 8.66 Å². The molecular formula is C8H6BrClN4S. The molecule has 0 atom stereocenters. The van der Waals surface area contributed by atoms with Crippen molar-refractivity contribution in [1.82, 2.24) is 15.0 Å². The minimum absolute atomic E-state index is 0.111. The molecule has 2 aromatic rings. The van der Waals surface area contributed by atoms with Crippen LogP contribution in [0.4, 0.5) is 5.95 Å². The van der Waals surface area contributed by atoms with E-state index in [2.05, 4.69) is 30.9 Å². The quantitative estimate of drug-likeness (QED) is 0.880. The normalized spacial score (nSPS) is 10.6. The molecule has 0 aromatic carbocycles. The Morgan fingerprint density at radius 2 is 2.13 bits per heavy atom. The molecule has 2 N–H and O–H groups in total. The van der Waals surface area contributed by atoms with Gasteiger partial charge >= 0.3 is 0 Å². The summed E-state index contributed by atoms with van der Waals surface area (Å²) in [5, 5.41) is 0.111. The maximum absolute atomic E-state index is 5.70. The van der Waals surface area contributed by atoms with Gasteiger partial charge in [0.25, 0.3) is 0 Å². The van der Waals surface area contributed by atoms with Gasteiger partial charge in [0, 0.05) is 0 Å². The van der Waals surface area contributed by atoms with Crippen molar-refractivity contribution in [2.24, 2.45) is 0 Å². The number of nitrogen functional groups attached to an aromatic ring is 1. The summed E-state index contributed by atoms with van der Waals surface area (Å²) < 4.78 is 1.05. The Morgan fingerprint density at radius 3 is 2.67 bits per heavy atom. The molecule has 2 heterocycles. The van der Waals surface area contributed by atoms with Crippen LogP contribution in [0, 0.1) is 6.92 Å². The lowest BCUT2D eigenvalue weighted by atomic mass is 10.3. The van der Waals surface area contributed by atoms with Crippen molar-refractivity contribution in [3.05, 3.63) is 20.7 Å². The zero-order chi connectivity index (χ0) is 11.0. The Hall–Kier alpha value is -0.720. The number of halogens is 2. The fourth-order valence-electron chi connectivity index (χ4n) is 1.05. The average molecular weight is 306 g/mol. The van der Waals surface area contributed by atoms with Gasteiger partial charge in [0.2, 0.25) is 11.2 Å². The second-order valence-electron chi connectivity index (χ2n) is 2.85. The third-order valence-electron chi connectivity index (χ3n) is 1.70. The van der Waals surface area contributed by atoms with Crippen molar-refractivity contribution >= 4 is 44.8 Å². The van der Waals surface area contributed by atoms with Gasteiger partial charge in [-0.3, -0.25) is 0 Å². The van der Waals surface area contributed by atoms with E-state index in [1.807, 2.05) is 13.0 Å². The van der Waals surface area contributed by atoms with Gasteiger partial charge < -0.3 is 5.73 Å². The number of nitrogens with two attached hydrogens (primary N) is 1. The van der Waals surface area contributed by atoms with Crippen molar-refractivity contribution in [1.29, 1.82) is 0 Å². The first-order chi connectivity index (χ1) is 7.06. The molecule has 0 saturated carbocycles. The Morgan fingerprint density at radius 1 is 1.40 bits per heavy atom. The standard InChI is InChI=1S/C8H6BrClN4S/c1-3-2-4(15-5(3)9)6-12-7(10)14-8(11)13-6/h2H,1H3,(H2,11,12,13,14). The lowest BCUT2D eigenvalue weighted by molar-refractivity contribution is 1.08. The average Bonchev–Trinajstić information content (AvgIpc) is 2.45. The van der Waals surface area contributed by atoms with E-state index in [9.17, 15) is 0 Å². The number of anilines is 1. The van der Waals surface area contributed by atoms with Crippen LogP contribution in [0.5, 0.6) is 0 Å². The third kappa shape index (κ3) is 2.27. The lowest BCUT2D eigenvalue weighted by Gasteiger charge is -1.97. The molecule has 7 heteroatoms. The van der Waals surface area contributed by atoms with E-state index in [4.69, 9.17) is 17.3 Å². The van der Waals surface area contributed by atoms with Crippen LogP contribution in [0.15, 0.2) is 9.85 Å². The summed E-state index contributed by atoms with van der Waals surface area (Å²) in [5.74, 6) is 0.637. The fourth-order valence-corrected chi connectivity index (χ4v) is 2.68. The van der Waals surface area contributed by atoms with Crippen molar-refractivity contribution < 1.29 is 0 Å². The van der Waals surface area contributed by atoms with E-state index < -0.39 is 0 Å². The van der Waals surface area contributed by atoms with Gasteiger partial charge in [-0.1, -0.05) is 0 Å². The molecule has 4 nitrogen and oxygen atoms in total. The highest BCUT2D eigenvalue weighted by Crippen LogP contribution is 2.33. The van der Waals surface area contributed by atoms with E-state index in [0.717, 1.165) is 14.2 Å². The zero-order valence-electron chi connectivity index (χ0n) is 7.66. The number of hydrogen-bond acceptors (Lipinski definition) is 5. The molecule has 2 rings (SSSR count). The van der Waals surface area contributed by atoms with Gasteiger partial charge in [0.15, 0.2) is 5.82 Å². The molecule has 0 aliphatic carbocycles. The monoisotopic (exact) mass is 304 g/mol. The molecule has 0 spiro atoms. The summed E-state index contributed by atoms with van der Waals surface area (Å²) in [5.41, 5.74) is 6.62. The summed E-state index contributed by atoms with van der Waals surface area (Å²) in [6.07, 6.45) is 0. The first kappa shape index (κ1) is 10.8. The Balaban J connectivity index is 2.53. The number of aromatic nitrogens is 3. The van der Waals surface area contributed by atoms with Crippen LogP contribution in [0.25, 0.3) is 10.7 Å². The zero-order valence-corrected chi connectivity index (χ0v) is 10.8. The molecular weight excluding hydrogens is 300 g/mol. The number of aryl methyl sites for hydroxylation is 1. The van der Waals surface area contributed by atoms with Crippen LogP contribution in [-0.2, 0) is 0 Å². The van der Waals surface area contributed by atoms with Gasteiger partial charge in [-0.25, -0.2) is 0 Å². The number of nitrogens with zero attached hydrogens (tertiary/aromatic N) is 3. The van der Waals surface area contributed by atoms with Crippen LogP contribution in [0.3, 0.4) is 0 Å². The van der Waals surface area contributed by atoms with E-state index in [1.165, 1.54) is 11.3 Å². The van der Waals surface area contributed by atoms with E-state index >= 15 is 0 Å². The van der Waals surface area contributed by atoms with E-state index in [0.29, 0.717) is 5.82 Å². The number of thiophene rings is 1. The molecule has 2 aromatic heterocycles. The van der Waals surface area contributed by atoms with E-state index in [-0.39, 0.29) is 11.2 Å². The molecule has 0 unspecified atom stereocenters. The minimum atomic E-state index is 0.111. The second kappa shape index (κ2) is 4.03. The molecule has 0 amide bonds. The van der Waals surface area contributed by atoms with Crippen molar-refractivity contribution in [3.8, 4) is 10.7 Å². The summed E-state index contributed by atoms with van der Waals surface area (Å²) in [6, 6.07) is 1.97. The molecule has 0 radical (unpaired) electrons. The van der Waals surface area contributed by atoms with Crippen molar-refractivity contribution in [2.45, 2.75) is 6.92 Å². The van der Waals surface area contributed by atoms with Crippen molar-refractivity contribution in [3.63, 3.8) is 0 Å². The second-order valence-corrected chi connectivity index (χ2v) is 5.56. The molecule has 15 heavy (non-hydrogen) atoms. The smallest absolute Gasteiger partial charge is 0.227 e. The highest BCUT2D eigenvalue weighted by atomic mass is 79.9. The van der Waals surface area contributed by atoms with Gasteiger partial charge in [0.1, 0.15) is 0 Å². The summed E-state index contributed by atoms with van der Waals surface area (Å²) in [4.78, 5) is 12.6. The largest absolute Gasteiger partial charge is 0.368 e. The Labute approximate surface area is 104 Å². The predicted molar refractivity (Wildman–Crippen MR) is 65.0 cm³/mol. The lowest BCUT2D eigenvalue weighted by Crippen LogP contribution is -1.98. The van der Waals surface area contributed by atoms with Gasteiger partial charge in [-0.15, -0.1) is 11.3 Å². The summed E-state index contributed by atoms with van der Waals surface area (Å²) in [7, 11) is 0. The predicted octanol–water partition coefficient (Wildman–Crippen LogP) is 2.91. The van der Waals surface area contributed by atoms with Crippen LogP contribution in [-0.4, -0.2) is 15.0 Å². The fraction of sp³-hybridized carbons (Fsp3) is 0.125. The molecule has 0 fully saturated rings. The van der Waals surface area contributed by atoms with Crippen LogP contribution in [0.2, 0.25) is 5.28 Å². The van der Waals surface area contributed by atoms with Crippen LogP contribution < -0.4 is 5.73 Å². The third-order valence-corrected chi connectivity index (χ3v) is 4.00. The maximum Gasteiger partial charge on any atom is 0.227 e. The molecule has 0 aliphatic rings. The summed E-state index contributed by atoms with van der Waals surface area (Å²) in [6.45, 7) is 2.00. The number of hydrogen-bond donors (Lipinski definition) is 1. The van der Waals surface area contributed by atoms with Gasteiger partial charge in [-0.05, 0) is 46.1 Å². The van der Waals surface area contributed by atoms with Crippen LogP contribution >= 0.6 is 38.9 Å².